The lowest BCUT2D eigenvalue weighted by molar-refractivity contribution is 0.228. The molecule has 0 radical (unpaired) electrons. The second kappa shape index (κ2) is 9.68. The second-order valence-corrected chi connectivity index (χ2v) is 6.90. The molecule has 1 N–H and O–H groups in total. The molecule has 2 aromatic rings. The Kier molecular flexibility index (Phi) is 7.59. The van der Waals surface area contributed by atoms with Crippen molar-refractivity contribution in [3.05, 3.63) is 52.0 Å². The third kappa shape index (κ3) is 5.94. The van der Waals surface area contributed by atoms with Gasteiger partial charge in [-0.3, -0.25) is 0 Å². The molecule has 0 aromatic heterocycles. The van der Waals surface area contributed by atoms with Crippen molar-refractivity contribution in [3.63, 3.8) is 0 Å². The van der Waals surface area contributed by atoms with Gasteiger partial charge in [-0.15, -0.1) is 0 Å². The molecule has 0 amide bonds. The van der Waals surface area contributed by atoms with E-state index in [1.54, 1.807) is 14.2 Å². The highest BCUT2D eigenvalue weighted by Crippen LogP contribution is 2.37. The first-order valence-corrected chi connectivity index (χ1v) is 9.19. The average Bonchev–Trinajstić information content (AvgIpc) is 2.61. The standard InChI is InChI=1S/C20H26BrNO3/c1-14(2)25-20-18(21)11-16(12-19(20)24-4)13-22-10-9-15-5-7-17(23-3)8-6-15/h5-8,11-12,14,22H,9-10,13H2,1-4H3. The van der Waals surface area contributed by atoms with Gasteiger partial charge in [-0.25, -0.2) is 0 Å². The fourth-order valence-corrected chi connectivity index (χ4v) is 3.07. The lowest BCUT2D eigenvalue weighted by Gasteiger charge is -2.16. The molecule has 0 spiro atoms. The molecule has 0 saturated carbocycles. The summed E-state index contributed by atoms with van der Waals surface area (Å²) < 4.78 is 17.4. The van der Waals surface area contributed by atoms with Crippen molar-refractivity contribution in [2.24, 2.45) is 0 Å². The minimum Gasteiger partial charge on any atom is -0.497 e. The molecule has 0 saturated heterocycles. The first-order valence-electron chi connectivity index (χ1n) is 8.40. The summed E-state index contributed by atoms with van der Waals surface area (Å²) in [6, 6.07) is 12.3. The van der Waals surface area contributed by atoms with Crippen molar-refractivity contribution in [1.82, 2.24) is 5.32 Å². The summed E-state index contributed by atoms with van der Waals surface area (Å²) in [5.41, 5.74) is 2.43. The predicted octanol–water partition coefficient (Wildman–Crippen LogP) is 4.59. The lowest BCUT2D eigenvalue weighted by Crippen LogP contribution is -2.17. The van der Waals surface area contributed by atoms with Crippen LogP contribution in [0.25, 0.3) is 0 Å². The first kappa shape index (κ1) is 19.6. The van der Waals surface area contributed by atoms with E-state index in [1.165, 1.54) is 5.56 Å². The fraction of sp³-hybridized carbons (Fsp3) is 0.400. The van der Waals surface area contributed by atoms with Crippen LogP contribution >= 0.6 is 15.9 Å². The number of methoxy groups -OCH3 is 2. The van der Waals surface area contributed by atoms with Crippen LogP contribution in [0.1, 0.15) is 25.0 Å². The van der Waals surface area contributed by atoms with Gasteiger partial charge in [0, 0.05) is 6.54 Å². The van der Waals surface area contributed by atoms with E-state index in [1.807, 2.05) is 32.0 Å². The van der Waals surface area contributed by atoms with Gasteiger partial charge in [0.15, 0.2) is 11.5 Å². The number of rotatable bonds is 9. The molecule has 0 bridgehead atoms. The minimum atomic E-state index is 0.0960. The van der Waals surface area contributed by atoms with Gasteiger partial charge in [-0.05, 0) is 78.1 Å². The number of halogens is 1. The molecule has 25 heavy (non-hydrogen) atoms. The van der Waals surface area contributed by atoms with Gasteiger partial charge in [-0.1, -0.05) is 12.1 Å². The molecule has 0 aliphatic heterocycles. The number of benzene rings is 2. The zero-order chi connectivity index (χ0) is 18.2. The van der Waals surface area contributed by atoms with E-state index in [0.717, 1.165) is 46.8 Å². The third-order valence-corrected chi connectivity index (χ3v) is 4.31. The van der Waals surface area contributed by atoms with Gasteiger partial charge in [-0.2, -0.15) is 0 Å². The molecule has 0 heterocycles. The summed E-state index contributed by atoms with van der Waals surface area (Å²) in [6.07, 6.45) is 1.07. The zero-order valence-corrected chi connectivity index (χ0v) is 16.9. The summed E-state index contributed by atoms with van der Waals surface area (Å²) in [5.74, 6) is 2.38. The smallest absolute Gasteiger partial charge is 0.175 e. The highest BCUT2D eigenvalue weighted by atomic mass is 79.9. The highest BCUT2D eigenvalue weighted by molar-refractivity contribution is 9.10. The fourth-order valence-electron chi connectivity index (χ4n) is 2.48. The van der Waals surface area contributed by atoms with Crippen LogP contribution in [0.2, 0.25) is 0 Å². The Morgan fingerprint density at radius 2 is 1.72 bits per heavy atom. The molecule has 0 fully saturated rings. The van der Waals surface area contributed by atoms with E-state index < -0.39 is 0 Å². The summed E-state index contributed by atoms with van der Waals surface area (Å²) >= 11 is 3.58. The van der Waals surface area contributed by atoms with Crippen molar-refractivity contribution < 1.29 is 14.2 Å². The van der Waals surface area contributed by atoms with Gasteiger partial charge >= 0.3 is 0 Å². The molecule has 0 aliphatic rings. The Balaban J connectivity index is 1.90. The van der Waals surface area contributed by atoms with Crippen LogP contribution in [0, 0.1) is 0 Å². The van der Waals surface area contributed by atoms with Crippen LogP contribution in [0.4, 0.5) is 0 Å². The van der Waals surface area contributed by atoms with E-state index in [0.29, 0.717) is 0 Å². The maximum absolute atomic E-state index is 5.82. The minimum absolute atomic E-state index is 0.0960. The summed E-state index contributed by atoms with van der Waals surface area (Å²) in [5, 5.41) is 3.47. The van der Waals surface area contributed by atoms with Crippen molar-refractivity contribution in [2.75, 3.05) is 20.8 Å². The normalized spacial score (nSPS) is 10.8. The Morgan fingerprint density at radius 3 is 2.32 bits per heavy atom. The maximum Gasteiger partial charge on any atom is 0.175 e. The Hall–Kier alpha value is -1.72. The maximum atomic E-state index is 5.82. The largest absolute Gasteiger partial charge is 0.497 e. The van der Waals surface area contributed by atoms with E-state index >= 15 is 0 Å². The van der Waals surface area contributed by atoms with Gasteiger partial charge < -0.3 is 19.5 Å². The molecule has 136 valence electrons. The van der Waals surface area contributed by atoms with Crippen LogP contribution in [0.15, 0.2) is 40.9 Å². The molecular weight excluding hydrogens is 382 g/mol. The molecule has 2 aromatic carbocycles. The van der Waals surface area contributed by atoms with E-state index in [2.05, 4.69) is 39.4 Å². The first-order chi connectivity index (χ1) is 12.0. The van der Waals surface area contributed by atoms with Crippen molar-refractivity contribution in [1.29, 1.82) is 0 Å². The quantitative estimate of drug-likeness (QED) is 0.617. The Bertz CT molecular complexity index is 671. The molecule has 2 rings (SSSR count). The number of nitrogens with one attached hydrogen (secondary N) is 1. The van der Waals surface area contributed by atoms with E-state index in [4.69, 9.17) is 14.2 Å². The van der Waals surface area contributed by atoms with E-state index in [9.17, 15) is 0 Å². The van der Waals surface area contributed by atoms with Crippen molar-refractivity contribution in [2.45, 2.75) is 32.9 Å². The van der Waals surface area contributed by atoms with Crippen LogP contribution in [-0.4, -0.2) is 26.9 Å². The molecule has 5 heteroatoms. The lowest BCUT2D eigenvalue weighted by atomic mass is 10.1. The number of ether oxygens (including phenoxy) is 3. The van der Waals surface area contributed by atoms with Crippen LogP contribution < -0.4 is 19.5 Å². The van der Waals surface area contributed by atoms with Crippen LogP contribution in [-0.2, 0) is 13.0 Å². The summed E-state index contributed by atoms with van der Waals surface area (Å²) in [7, 11) is 3.34. The monoisotopic (exact) mass is 407 g/mol. The molecule has 0 unspecified atom stereocenters. The van der Waals surface area contributed by atoms with Crippen LogP contribution in [0.5, 0.6) is 17.2 Å². The number of hydrogen-bond acceptors (Lipinski definition) is 4. The summed E-state index contributed by atoms with van der Waals surface area (Å²) in [4.78, 5) is 0. The van der Waals surface area contributed by atoms with Gasteiger partial charge in [0.1, 0.15) is 5.75 Å². The van der Waals surface area contributed by atoms with Gasteiger partial charge in [0.25, 0.3) is 0 Å². The average molecular weight is 408 g/mol. The SMILES string of the molecule is COc1ccc(CCNCc2cc(Br)c(OC(C)C)c(OC)c2)cc1. The Labute approximate surface area is 158 Å². The highest BCUT2D eigenvalue weighted by Gasteiger charge is 2.13. The topological polar surface area (TPSA) is 39.7 Å². The summed E-state index contributed by atoms with van der Waals surface area (Å²) in [6.45, 7) is 5.67. The number of hydrogen-bond donors (Lipinski definition) is 1. The van der Waals surface area contributed by atoms with E-state index in [-0.39, 0.29) is 6.10 Å². The third-order valence-electron chi connectivity index (χ3n) is 3.72. The molecular formula is C20H26BrNO3. The van der Waals surface area contributed by atoms with Gasteiger partial charge in [0.2, 0.25) is 0 Å². The second-order valence-electron chi connectivity index (χ2n) is 6.05. The predicted molar refractivity (Wildman–Crippen MR) is 105 cm³/mol. The van der Waals surface area contributed by atoms with Crippen molar-refractivity contribution in [3.8, 4) is 17.2 Å². The van der Waals surface area contributed by atoms with Crippen LogP contribution in [0.3, 0.4) is 0 Å². The van der Waals surface area contributed by atoms with Gasteiger partial charge in [0.05, 0.1) is 24.8 Å². The molecule has 0 aliphatic carbocycles. The zero-order valence-electron chi connectivity index (χ0n) is 15.3. The Morgan fingerprint density at radius 1 is 1.00 bits per heavy atom. The van der Waals surface area contributed by atoms with Crippen molar-refractivity contribution >= 4 is 15.9 Å². The molecule has 0 atom stereocenters. The molecule has 4 nitrogen and oxygen atoms in total.